The highest BCUT2D eigenvalue weighted by atomic mass is 32.2. The Balaban J connectivity index is 2.13. The van der Waals surface area contributed by atoms with Crippen molar-refractivity contribution in [2.45, 2.75) is 17.7 Å². The number of ether oxygens (including phenoxy) is 1. The maximum absolute atomic E-state index is 12.4. The largest absolute Gasteiger partial charge is 0.466 e. The van der Waals surface area contributed by atoms with Crippen molar-refractivity contribution in [3.8, 4) is 0 Å². The van der Waals surface area contributed by atoms with Gasteiger partial charge in [0.05, 0.1) is 17.8 Å². The third kappa shape index (κ3) is 5.06. The molecule has 0 N–H and O–H groups in total. The van der Waals surface area contributed by atoms with E-state index >= 15 is 0 Å². The van der Waals surface area contributed by atoms with Crippen molar-refractivity contribution in [1.82, 2.24) is 0 Å². The van der Waals surface area contributed by atoms with E-state index in [0.717, 1.165) is 12.0 Å². The second-order valence-electron chi connectivity index (χ2n) is 5.32. The number of rotatable bonds is 7. The lowest BCUT2D eigenvalue weighted by Gasteiger charge is -2.08. The Kier molecular flexibility index (Phi) is 6.32. The summed E-state index contributed by atoms with van der Waals surface area (Å²) in [6.07, 6.45) is 2.95. The lowest BCUT2D eigenvalue weighted by atomic mass is 10.1. The summed E-state index contributed by atoms with van der Waals surface area (Å²) < 4.78 is 29.6. The lowest BCUT2D eigenvalue weighted by Crippen LogP contribution is -2.16. The average molecular weight is 344 g/mol. The van der Waals surface area contributed by atoms with Gasteiger partial charge in [-0.1, -0.05) is 54.6 Å². The smallest absolute Gasteiger partial charge is 0.334 e. The van der Waals surface area contributed by atoms with Gasteiger partial charge in [-0.05, 0) is 30.5 Å². The van der Waals surface area contributed by atoms with Crippen molar-refractivity contribution in [2.75, 3.05) is 12.9 Å². The summed E-state index contributed by atoms with van der Waals surface area (Å²) in [4.78, 5) is 12.1. The number of esters is 1. The Morgan fingerprint density at radius 2 is 1.58 bits per heavy atom. The van der Waals surface area contributed by atoms with E-state index in [-0.39, 0.29) is 16.2 Å². The second-order valence-corrected chi connectivity index (χ2v) is 7.31. The molecule has 0 aliphatic heterocycles. The molecule has 0 aromatic heterocycles. The van der Waals surface area contributed by atoms with E-state index in [2.05, 4.69) is 0 Å². The van der Waals surface area contributed by atoms with Crippen LogP contribution in [0.2, 0.25) is 0 Å². The zero-order valence-electron chi connectivity index (χ0n) is 13.5. The van der Waals surface area contributed by atoms with E-state index in [0.29, 0.717) is 6.42 Å². The molecular weight excluding hydrogens is 324 g/mol. The molecule has 0 fully saturated rings. The normalized spacial score (nSPS) is 12.0. The van der Waals surface area contributed by atoms with Crippen molar-refractivity contribution < 1.29 is 17.9 Å². The van der Waals surface area contributed by atoms with Gasteiger partial charge in [0.1, 0.15) is 0 Å². The number of hydrogen-bond acceptors (Lipinski definition) is 4. The van der Waals surface area contributed by atoms with E-state index in [4.69, 9.17) is 4.74 Å². The van der Waals surface area contributed by atoms with Crippen LogP contribution in [0.3, 0.4) is 0 Å². The number of carbonyl (C=O) groups excluding carboxylic acids is 1. The van der Waals surface area contributed by atoms with Crippen LogP contribution in [0.1, 0.15) is 12.0 Å². The van der Waals surface area contributed by atoms with Crippen LogP contribution in [0.5, 0.6) is 0 Å². The predicted molar refractivity (Wildman–Crippen MR) is 93.4 cm³/mol. The second kappa shape index (κ2) is 8.45. The minimum atomic E-state index is -3.58. The third-order valence-corrected chi connectivity index (χ3v) is 5.24. The molecule has 0 atom stereocenters. The van der Waals surface area contributed by atoms with Crippen LogP contribution in [0.25, 0.3) is 0 Å². The molecule has 0 bridgehead atoms. The Labute approximate surface area is 142 Å². The monoisotopic (exact) mass is 344 g/mol. The molecule has 4 nitrogen and oxygen atoms in total. The van der Waals surface area contributed by atoms with Crippen LogP contribution in [-0.2, 0) is 25.8 Å². The third-order valence-electron chi connectivity index (χ3n) is 3.56. The molecule has 0 aliphatic carbocycles. The molecule has 0 amide bonds. The molecule has 0 radical (unpaired) electrons. The molecule has 126 valence electrons. The fraction of sp³-hybridized carbons (Fsp3) is 0.211. The molecular formula is C19H20O4S. The molecule has 24 heavy (non-hydrogen) atoms. The van der Waals surface area contributed by atoms with Gasteiger partial charge in [0.2, 0.25) is 0 Å². The highest BCUT2D eigenvalue weighted by Crippen LogP contribution is 2.15. The summed E-state index contributed by atoms with van der Waals surface area (Å²) in [6, 6.07) is 17.9. The Hall–Kier alpha value is -2.40. The first-order valence-electron chi connectivity index (χ1n) is 7.62. The molecule has 2 rings (SSSR count). The molecule has 0 unspecified atom stereocenters. The van der Waals surface area contributed by atoms with Crippen LogP contribution >= 0.6 is 0 Å². The van der Waals surface area contributed by atoms with Crippen molar-refractivity contribution in [3.63, 3.8) is 0 Å². The Morgan fingerprint density at radius 1 is 1.00 bits per heavy atom. The standard InChI is InChI=1S/C19H20O4S/c1-23-19(20)17(12-8-11-16-9-4-2-5-10-16)15-24(21,22)18-13-6-3-7-14-18/h2-7,9-10,12-14H,8,11,15H2,1H3/b17-12+. The molecule has 0 saturated carbocycles. The average Bonchev–Trinajstić information content (AvgIpc) is 2.62. The number of benzene rings is 2. The molecule has 0 saturated heterocycles. The SMILES string of the molecule is COC(=O)/C(=C/CCc1ccccc1)CS(=O)(=O)c1ccccc1. The number of aryl methyl sites for hydroxylation is 1. The highest BCUT2D eigenvalue weighted by Gasteiger charge is 2.21. The Morgan fingerprint density at radius 3 is 2.17 bits per heavy atom. The summed E-state index contributed by atoms with van der Waals surface area (Å²) in [5, 5.41) is 0. The van der Waals surface area contributed by atoms with Gasteiger partial charge in [-0.2, -0.15) is 0 Å². The van der Waals surface area contributed by atoms with Gasteiger partial charge in [-0.15, -0.1) is 0 Å². The number of sulfone groups is 1. The van der Waals surface area contributed by atoms with Gasteiger partial charge >= 0.3 is 5.97 Å². The van der Waals surface area contributed by atoms with Crippen LogP contribution in [0, 0.1) is 0 Å². The minimum Gasteiger partial charge on any atom is -0.466 e. The van der Waals surface area contributed by atoms with Gasteiger partial charge in [-0.25, -0.2) is 13.2 Å². The summed E-state index contributed by atoms with van der Waals surface area (Å²) in [5.74, 6) is -0.971. The first-order valence-corrected chi connectivity index (χ1v) is 9.27. The molecule has 0 heterocycles. The Bertz CT molecular complexity index is 794. The minimum absolute atomic E-state index is 0.164. The first kappa shape index (κ1) is 17.9. The first-order chi connectivity index (χ1) is 11.5. The van der Waals surface area contributed by atoms with Crippen molar-refractivity contribution in [3.05, 3.63) is 77.9 Å². The summed E-state index contributed by atoms with van der Waals surface area (Å²) in [6.45, 7) is 0. The van der Waals surface area contributed by atoms with Crippen LogP contribution in [-0.4, -0.2) is 27.2 Å². The van der Waals surface area contributed by atoms with E-state index in [1.165, 1.54) is 19.2 Å². The maximum Gasteiger partial charge on any atom is 0.334 e. The molecule has 0 spiro atoms. The van der Waals surface area contributed by atoms with Gasteiger partial charge in [-0.3, -0.25) is 0 Å². The van der Waals surface area contributed by atoms with E-state index in [1.807, 2.05) is 30.3 Å². The van der Waals surface area contributed by atoms with E-state index in [9.17, 15) is 13.2 Å². The molecule has 5 heteroatoms. The van der Waals surface area contributed by atoms with Gasteiger partial charge < -0.3 is 4.74 Å². The van der Waals surface area contributed by atoms with Crippen LogP contribution in [0.4, 0.5) is 0 Å². The molecule has 0 aliphatic rings. The predicted octanol–water partition coefficient (Wildman–Crippen LogP) is 3.19. The summed E-state index contributed by atoms with van der Waals surface area (Å²) >= 11 is 0. The van der Waals surface area contributed by atoms with Crippen LogP contribution < -0.4 is 0 Å². The zero-order chi connectivity index (χ0) is 17.4. The van der Waals surface area contributed by atoms with Gasteiger partial charge in [0.25, 0.3) is 0 Å². The quantitative estimate of drug-likeness (QED) is 0.572. The van der Waals surface area contributed by atoms with Crippen LogP contribution in [0.15, 0.2) is 77.2 Å². The number of hydrogen-bond donors (Lipinski definition) is 0. The van der Waals surface area contributed by atoms with Crippen molar-refractivity contribution >= 4 is 15.8 Å². The number of methoxy groups -OCH3 is 1. The zero-order valence-corrected chi connectivity index (χ0v) is 14.3. The maximum atomic E-state index is 12.4. The van der Waals surface area contributed by atoms with E-state index in [1.54, 1.807) is 24.3 Å². The molecule has 2 aromatic rings. The lowest BCUT2D eigenvalue weighted by molar-refractivity contribution is -0.136. The van der Waals surface area contributed by atoms with Gasteiger partial charge in [0, 0.05) is 5.57 Å². The topological polar surface area (TPSA) is 60.4 Å². The molecule has 2 aromatic carbocycles. The summed E-state index contributed by atoms with van der Waals surface area (Å²) in [5.41, 5.74) is 1.29. The van der Waals surface area contributed by atoms with Gasteiger partial charge in [0.15, 0.2) is 9.84 Å². The number of allylic oxidation sites excluding steroid dienone is 1. The fourth-order valence-electron chi connectivity index (χ4n) is 2.31. The summed E-state index contributed by atoms with van der Waals surface area (Å²) in [7, 11) is -2.33. The van der Waals surface area contributed by atoms with Crippen molar-refractivity contribution in [2.24, 2.45) is 0 Å². The highest BCUT2D eigenvalue weighted by molar-refractivity contribution is 7.91. The van der Waals surface area contributed by atoms with Crippen molar-refractivity contribution in [1.29, 1.82) is 0 Å². The van der Waals surface area contributed by atoms with E-state index < -0.39 is 15.8 Å². The number of carbonyl (C=O) groups is 1. The fourth-order valence-corrected chi connectivity index (χ4v) is 3.69.